The molecule has 0 saturated carbocycles. The van der Waals surface area contributed by atoms with Crippen molar-refractivity contribution in [3.05, 3.63) is 24.3 Å². The SMILES string of the molecule is COCC(C)NC(=O)C(=O)Nc1ccc(N(C)C)cc1. The highest BCUT2D eigenvalue weighted by molar-refractivity contribution is 6.39. The van der Waals surface area contributed by atoms with Crippen molar-refractivity contribution >= 4 is 23.2 Å². The second kappa shape index (κ2) is 7.49. The van der Waals surface area contributed by atoms with E-state index < -0.39 is 11.8 Å². The van der Waals surface area contributed by atoms with Crippen molar-refractivity contribution in [3.63, 3.8) is 0 Å². The van der Waals surface area contributed by atoms with Crippen LogP contribution in [0.5, 0.6) is 0 Å². The minimum absolute atomic E-state index is 0.214. The van der Waals surface area contributed by atoms with Crippen LogP contribution in [0, 0.1) is 0 Å². The molecule has 0 heterocycles. The first-order valence-corrected chi connectivity index (χ1v) is 6.32. The van der Waals surface area contributed by atoms with Gasteiger partial charge in [-0.05, 0) is 31.2 Å². The van der Waals surface area contributed by atoms with Gasteiger partial charge < -0.3 is 20.3 Å². The predicted molar refractivity (Wildman–Crippen MR) is 78.9 cm³/mol. The lowest BCUT2D eigenvalue weighted by molar-refractivity contribution is -0.136. The van der Waals surface area contributed by atoms with E-state index in [4.69, 9.17) is 4.74 Å². The summed E-state index contributed by atoms with van der Waals surface area (Å²) in [5, 5.41) is 5.09. The number of ether oxygens (including phenoxy) is 1. The van der Waals surface area contributed by atoms with Gasteiger partial charge in [0.15, 0.2) is 0 Å². The van der Waals surface area contributed by atoms with Crippen molar-refractivity contribution in [3.8, 4) is 0 Å². The van der Waals surface area contributed by atoms with Crippen LogP contribution in [-0.4, -0.2) is 45.7 Å². The third-order valence-electron chi connectivity index (χ3n) is 2.64. The van der Waals surface area contributed by atoms with E-state index >= 15 is 0 Å². The molecule has 1 atom stereocenters. The van der Waals surface area contributed by atoms with Crippen LogP contribution in [0.1, 0.15) is 6.92 Å². The molecule has 1 unspecified atom stereocenters. The van der Waals surface area contributed by atoms with Crippen molar-refractivity contribution in [2.24, 2.45) is 0 Å². The molecule has 0 aliphatic carbocycles. The minimum atomic E-state index is -0.689. The van der Waals surface area contributed by atoms with Gasteiger partial charge in [-0.2, -0.15) is 0 Å². The highest BCUT2D eigenvalue weighted by atomic mass is 16.5. The molecule has 0 aliphatic heterocycles. The summed E-state index contributed by atoms with van der Waals surface area (Å²) in [6, 6.07) is 7.01. The second-order valence-corrected chi connectivity index (χ2v) is 4.73. The Hall–Kier alpha value is -2.08. The van der Waals surface area contributed by atoms with E-state index in [-0.39, 0.29) is 6.04 Å². The Balaban J connectivity index is 2.55. The van der Waals surface area contributed by atoms with Gasteiger partial charge in [-0.15, -0.1) is 0 Å². The smallest absolute Gasteiger partial charge is 0.313 e. The maximum absolute atomic E-state index is 11.7. The number of carbonyl (C=O) groups excluding carboxylic acids is 2. The molecule has 0 spiro atoms. The van der Waals surface area contributed by atoms with Crippen molar-refractivity contribution in [1.82, 2.24) is 5.32 Å². The molecular weight excluding hydrogens is 258 g/mol. The number of methoxy groups -OCH3 is 1. The first-order chi connectivity index (χ1) is 9.43. The summed E-state index contributed by atoms with van der Waals surface area (Å²) in [4.78, 5) is 25.3. The molecule has 1 rings (SSSR count). The Labute approximate surface area is 119 Å². The van der Waals surface area contributed by atoms with Gasteiger partial charge >= 0.3 is 11.8 Å². The molecule has 110 valence electrons. The summed E-state index contributed by atoms with van der Waals surface area (Å²) in [6.45, 7) is 2.12. The van der Waals surface area contributed by atoms with E-state index in [2.05, 4.69) is 10.6 Å². The molecule has 2 N–H and O–H groups in total. The molecule has 0 aromatic heterocycles. The molecular formula is C14H21N3O3. The number of hydrogen-bond acceptors (Lipinski definition) is 4. The summed E-state index contributed by atoms with van der Waals surface area (Å²) >= 11 is 0. The maximum Gasteiger partial charge on any atom is 0.313 e. The lowest BCUT2D eigenvalue weighted by Gasteiger charge is -2.14. The number of rotatable bonds is 5. The van der Waals surface area contributed by atoms with Gasteiger partial charge in [0.2, 0.25) is 0 Å². The molecule has 6 nitrogen and oxygen atoms in total. The van der Waals surface area contributed by atoms with Gasteiger partial charge in [-0.25, -0.2) is 0 Å². The average Bonchev–Trinajstić information content (AvgIpc) is 2.39. The number of amides is 2. The van der Waals surface area contributed by atoms with Gasteiger partial charge in [0, 0.05) is 38.6 Å². The normalized spacial score (nSPS) is 11.6. The lowest BCUT2D eigenvalue weighted by Crippen LogP contribution is -2.42. The molecule has 1 aromatic rings. The number of hydrogen-bond donors (Lipinski definition) is 2. The summed E-state index contributed by atoms with van der Waals surface area (Å²) in [5.74, 6) is -1.36. The lowest BCUT2D eigenvalue weighted by atomic mass is 10.2. The topological polar surface area (TPSA) is 70.7 Å². The molecule has 20 heavy (non-hydrogen) atoms. The van der Waals surface area contributed by atoms with E-state index in [1.807, 2.05) is 31.1 Å². The van der Waals surface area contributed by atoms with Crippen LogP contribution in [0.3, 0.4) is 0 Å². The molecule has 0 aliphatic rings. The van der Waals surface area contributed by atoms with Crippen LogP contribution < -0.4 is 15.5 Å². The number of nitrogens with one attached hydrogen (secondary N) is 2. The first kappa shape index (κ1) is 16.0. The molecule has 0 radical (unpaired) electrons. The summed E-state index contributed by atoms with van der Waals surface area (Å²) in [5.41, 5.74) is 1.59. The zero-order valence-corrected chi connectivity index (χ0v) is 12.3. The van der Waals surface area contributed by atoms with Crippen molar-refractivity contribution in [1.29, 1.82) is 0 Å². The van der Waals surface area contributed by atoms with Crippen LogP contribution in [0.2, 0.25) is 0 Å². The molecule has 2 amide bonds. The van der Waals surface area contributed by atoms with Crippen LogP contribution in [-0.2, 0) is 14.3 Å². The van der Waals surface area contributed by atoms with Gasteiger partial charge in [-0.3, -0.25) is 9.59 Å². The number of benzene rings is 1. The monoisotopic (exact) mass is 279 g/mol. The van der Waals surface area contributed by atoms with Gasteiger partial charge in [-0.1, -0.05) is 0 Å². The quantitative estimate of drug-likeness (QED) is 0.784. The Morgan fingerprint density at radius 2 is 1.80 bits per heavy atom. The molecule has 1 aromatic carbocycles. The summed E-state index contributed by atoms with van der Waals surface area (Å²) < 4.78 is 4.89. The van der Waals surface area contributed by atoms with Crippen LogP contribution in [0.15, 0.2) is 24.3 Å². The standard InChI is InChI=1S/C14H21N3O3/c1-10(9-20-4)15-13(18)14(19)16-11-5-7-12(8-6-11)17(2)3/h5-8,10H,9H2,1-4H3,(H,15,18)(H,16,19). The fourth-order valence-corrected chi connectivity index (χ4v) is 1.61. The fraction of sp³-hybridized carbons (Fsp3) is 0.429. The number of nitrogens with zero attached hydrogens (tertiary/aromatic N) is 1. The summed E-state index contributed by atoms with van der Waals surface area (Å²) in [6.07, 6.45) is 0. The van der Waals surface area contributed by atoms with E-state index in [0.717, 1.165) is 5.69 Å². The van der Waals surface area contributed by atoms with Crippen LogP contribution >= 0.6 is 0 Å². The van der Waals surface area contributed by atoms with E-state index in [1.165, 1.54) is 7.11 Å². The maximum atomic E-state index is 11.7. The van der Waals surface area contributed by atoms with Crippen molar-refractivity contribution in [2.45, 2.75) is 13.0 Å². The predicted octanol–water partition coefficient (Wildman–Crippen LogP) is 0.842. The second-order valence-electron chi connectivity index (χ2n) is 4.73. The largest absolute Gasteiger partial charge is 0.383 e. The van der Waals surface area contributed by atoms with Gasteiger partial charge in [0.05, 0.1) is 6.61 Å². The van der Waals surface area contributed by atoms with E-state index in [1.54, 1.807) is 19.1 Å². The number of anilines is 2. The zero-order chi connectivity index (χ0) is 15.1. The summed E-state index contributed by atoms with van der Waals surface area (Å²) in [7, 11) is 5.39. The molecule has 0 fully saturated rings. The van der Waals surface area contributed by atoms with E-state index in [9.17, 15) is 9.59 Å². The Morgan fingerprint density at radius 3 is 2.30 bits per heavy atom. The van der Waals surface area contributed by atoms with Crippen LogP contribution in [0.4, 0.5) is 11.4 Å². The third kappa shape index (κ3) is 4.89. The minimum Gasteiger partial charge on any atom is -0.383 e. The van der Waals surface area contributed by atoms with Gasteiger partial charge in [0.1, 0.15) is 0 Å². The van der Waals surface area contributed by atoms with Crippen molar-refractivity contribution in [2.75, 3.05) is 38.0 Å². The highest BCUT2D eigenvalue weighted by Gasteiger charge is 2.16. The zero-order valence-electron chi connectivity index (χ0n) is 12.3. The molecule has 6 heteroatoms. The Kier molecular flexibility index (Phi) is 5.99. The molecule has 0 bridgehead atoms. The third-order valence-corrected chi connectivity index (χ3v) is 2.64. The van der Waals surface area contributed by atoms with Crippen LogP contribution in [0.25, 0.3) is 0 Å². The highest BCUT2D eigenvalue weighted by Crippen LogP contribution is 2.15. The fourth-order valence-electron chi connectivity index (χ4n) is 1.61. The first-order valence-electron chi connectivity index (χ1n) is 6.32. The average molecular weight is 279 g/mol. The van der Waals surface area contributed by atoms with Gasteiger partial charge in [0.25, 0.3) is 0 Å². The Bertz CT molecular complexity index is 457. The van der Waals surface area contributed by atoms with E-state index in [0.29, 0.717) is 12.3 Å². The van der Waals surface area contributed by atoms with Crippen molar-refractivity contribution < 1.29 is 14.3 Å². The number of carbonyl (C=O) groups is 2. The Morgan fingerprint density at radius 1 is 1.20 bits per heavy atom. The molecule has 0 saturated heterocycles.